The lowest BCUT2D eigenvalue weighted by atomic mass is 9.95. The Morgan fingerprint density at radius 2 is 1.56 bits per heavy atom. The standard InChI is InChI=1S/C22H28N2O2S/c25-27(26,22-9-5-2-6-10-22)14-13-24-17-20-11-12-21(24)18-23(16-20)15-19-7-3-1-4-8-19/h1-10,20-21H,11-18H2/t20-,21+/m0/s1. The van der Waals surface area contributed by atoms with Gasteiger partial charge in [-0.3, -0.25) is 9.80 Å². The van der Waals surface area contributed by atoms with Crippen LogP contribution in [0.2, 0.25) is 0 Å². The molecule has 5 heteroatoms. The molecule has 3 fully saturated rings. The number of piperidine rings is 1. The molecule has 0 saturated carbocycles. The molecule has 27 heavy (non-hydrogen) atoms. The van der Waals surface area contributed by atoms with E-state index in [0.29, 0.717) is 23.4 Å². The average Bonchev–Trinajstić information content (AvgIpc) is 2.98. The summed E-state index contributed by atoms with van der Waals surface area (Å²) in [7, 11) is -3.21. The van der Waals surface area contributed by atoms with Crippen LogP contribution in [-0.4, -0.2) is 56.2 Å². The molecule has 2 atom stereocenters. The van der Waals surface area contributed by atoms with E-state index in [0.717, 1.165) is 26.2 Å². The van der Waals surface area contributed by atoms with Crippen LogP contribution < -0.4 is 0 Å². The fraction of sp³-hybridized carbons (Fsp3) is 0.455. The predicted octanol–water partition coefficient (Wildman–Crippen LogP) is 3.06. The number of hydrogen-bond donors (Lipinski definition) is 0. The van der Waals surface area contributed by atoms with Crippen LogP contribution in [0.3, 0.4) is 0 Å². The Bertz CT molecular complexity index is 839. The number of benzene rings is 2. The smallest absolute Gasteiger partial charge is 0.179 e. The topological polar surface area (TPSA) is 40.6 Å². The summed E-state index contributed by atoms with van der Waals surface area (Å²) in [6.07, 6.45) is 2.44. The summed E-state index contributed by atoms with van der Waals surface area (Å²) in [4.78, 5) is 5.43. The van der Waals surface area contributed by atoms with Crippen molar-refractivity contribution in [1.82, 2.24) is 9.80 Å². The van der Waals surface area contributed by atoms with E-state index >= 15 is 0 Å². The third kappa shape index (κ3) is 4.60. The molecule has 2 bridgehead atoms. The number of sulfone groups is 1. The van der Waals surface area contributed by atoms with Gasteiger partial charge in [-0.15, -0.1) is 0 Å². The van der Waals surface area contributed by atoms with E-state index in [4.69, 9.17) is 0 Å². The molecule has 0 aliphatic carbocycles. The Labute approximate surface area is 162 Å². The van der Waals surface area contributed by atoms with Crippen molar-refractivity contribution in [2.45, 2.75) is 30.3 Å². The van der Waals surface area contributed by atoms with Gasteiger partial charge in [-0.2, -0.15) is 0 Å². The van der Waals surface area contributed by atoms with Gasteiger partial charge >= 0.3 is 0 Å². The van der Waals surface area contributed by atoms with Crippen molar-refractivity contribution >= 4 is 9.84 Å². The molecule has 3 aliphatic heterocycles. The quantitative estimate of drug-likeness (QED) is 0.768. The molecule has 0 radical (unpaired) electrons. The molecule has 0 amide bonds. The first-order chi connectivity index (χ1) is 13.1. The van der Waals surface area contributed by atoms with Crippen LogP contribution in [0.25, 0.3) is 0 Å². The van der Waals surface area contributed by atoms with Crippen LogP contribution in [0.15, 0.2) is 65.6 Å². The molecular formula is C22H28N2O2S. The molecule has 2 aromatic carbocycles. The molecule has 0 aromatic heterocycles. The van der Waals surface area contributed by atoms with Gasteiger partial charge in [0.25, 0.3) is 0 Å². The summed E-state index contributed by atoms with van der Waals surface area (Å²) in [5, 5.41) is 0. The van der Waals surface area contributed by atoms with Gasteiger partial charge in [-0.25, -0.2) is 8.42 Å². The van der Waals surface area contributed by atoms with Gasteiger partial charge in [0, 0.05) is 38.8 Å². The molecule has 0 spiro atoms. The zero-order valence-electron chi connectivity index (χ0n) is 15.7. The van der Waals surface area contributed by atoms with Gasteiger partial charge in [0.05, 0.1) is 10.6 Å². The molecule has 144 valence electrons. The number of fused-ring (bicyclic) bond motifs is 4. The minimum atomic E-state index is -3.21. The number of nitrogens with zero attached hydrogens (tertiary/aromatic N) is 2. The van der Waals surface area contributed by atoms with Crippen molar-refractivity contribution in [3.05, 3.63) is 66.2 Å². The Kier molecular flexibility index (Phi) is 5.62. The maximum atomic E-state index is 12.6. The Morgan fingerprint density at radius 3 is 2.30 bits per heavy atom. The van der Waals surface area contributed by atoms with Gasteiger partial charge in [0.2, 0.25) is 0 Å². The zero-order valence-corrected chi connectivity index (χ0v) is 16.5. The lowest BCUT2D eigenvalue weighted by Gasteiger charge is -2.36. The average molecular weight is 385 g/mol. The van der Waals surface area contributed by atoms with Crippen LogP contribution in [0, 0.1) is 5.92 Å². The Balaban J connectivity index is 1.39. The van der Waals surface area contributed by atoms with E-state index < -0.39 is 9.84 Å². The summed E-state index contributed by atoms with van der Waals surface area (Å²) in [6.45, 7) is 4.81. The number of hydrogen-bond acceptors (Lipinski definition) is 4. The van der Waals surface area contributed by atoms with E-state index in [1.165, 1.54) is 18.4 Å². The molecule has 4 nitrogen and oxygen atoms in total. The fourth-order valence-corrected chi connectivity index (χ4v) is 5.79. The molecule has 0 unspecified atom stereocenters. The molecule has 3 heterocycles. The van der Waals surface area contributed by atoms with E-state index in [9.17, 15) is 8.42 Å². The largest absolute Gasteiger partial charge is 0.298 e. The lowest BCUT2D eigenvalue weighted by Crippen LogP contribution is -2.45. The van der Waals surface area contributed by atoms with Crippen molar-refractivity contribution in [2.75, 3.05) is 31.9 Å². The summed E-state index contributed by atoms with van der Waals surface area (Å²) >= 11 is 0. The second kappa shape index (κ2) is 8.13. The number of rotatable bonds is 6. The third-order valence-electron chi connectivity index (χ3n) is 5.90. The van der Waals surface area contributed by atoms with Gasteiger partial charge in [-0.05, 0) is 36.5 Å². The van der Waals surface area contributed by atoms with Crippen LogP contribution in [0.1, 0.15) is 18.4 Å². The second-order valence-corrected chi connectivity index (χ2v) is 10.0. The van der Waals surface area contributed by atoms with E-state index in [-0.39, 0.29) is 5.75 Å². The monoisotopic (exact) mass is 384 g/mol. The maximum Gasteiger partial charge on any atom is 0.179 e. The highest BCUT2D eigenvalue weighted by molar-refractivity contribution is 7.91. The van der Waals surface area contributed by atoms with Crippen LogP contribution in [0.5, 0.6) is 0 Å². The van der Waals surface area contributed by atoms with Crippen molar-refractivity contribution < 1.29 is 8.42 Å². The van der Waals surface area contributed by atoms with Crippen LogP contribution in [0.4, 0.5) is 0 Å². The van der Waals surface area contributed by atoms with Crippen molar-refractivity contribution in [2.24, 2.45) is 5.92 Å². The molecule has 5 rings (SSSR count). The first-order valence-corrected chi connectivity index (χ1v) is 11.5. The molecule has 3 saturated heterocycles. The third-order valence-corrected chi connectivity index (χ3v) is 7.61. The fourth-order valence-electron chi connectivity index (χ4n) is 4.50. The molecule has 0 N–H and O–H groups in total. The summed E-state index contributed by atoms with van der Waals surface area (Å²) in [5.74, 6) is 0.853. The van der Waals surface area contributed by atoms with E-state index in [2.05, 4.69) is 40.1 Å². The zero-order chi connectivity index (χ0) is 18.7. The normalized spacial score (nSPS) is 24.0. The predicted molar refractivity (Wildman–Crippen MR) is 108 cm³/mol. The first kappa shape index (κ1) is 18.7. The second-order valence-electron chi connectivity index (χ2n) is 7.90. The highest BCUT2D eigenvalue weighted by Gasteiger charge is 2.35. The van der Waals surface area contributed by atoms with Crippen molar-refractivity contribution in [3.8, 4) is 0 Å². The Hall–Kier alpha value is -1.69. The van der Waals surface area contributed by atoms with E-state index in [1.807, 2.05) is 6.07 Å². The molecule has 2 aromatic rings. The summed E-state index contributed by atoms with van der Waals surface area (Å²) in [6, 6.07) is 20.0. The van der Waals surface area contributed by atoms with Gasteiger partial charge in [-0.1, -0.05) is 48.5 Å². The van der Waals surface area contributed by atoms with Crippen LogP contribution in [-0.2, 0) is 16.4 Å². The van der Waals surface area contributed by atoms with Gasteiger partial charge in [0.1, 0.15) is 0 Å². The lowest BCUT2D eigenvalue weighted by molar-refractivity contribution is 0.139. The van der Waals surface area contributed by atoms with Crippen molar-refractivity contribution in [1.29, 1.82) is 0 Å². The highest BCUT2D eigenvalue weighted by atomic mass is 32.2. The molecule has 3 aliphatic rings. The van der Waals surface area contributed by atoms with Crippen molar-refractivity contribution in [3.63, 3.8) is 0 Å². The summed E-state index contributed by atoms with van der Waals surface area (Å²) in [5.41, 5.74) is 1.36. The summed E-state index contributed by atoms with van der Waals surface area (Å²) < 4.78 is 25.3. The van der Waals surface area contributed by atoms with Gasteiger partial charge < -0.3 is 0 Å². The first-order valence-electron chi connectivity index (χ1n) is 9.88. The van der Waals surface area contributed by atoms with Gasteiger partial charge in [0.15, 0.2) is 9.84 Å². The minimum Gasteiger partial charge on any atom is -0.298 e. The van der Waals surface area contributed by atoms with Crippen LogP contribution >= 0.6 is 0 Å². The SMILES string of the molecule is O=S(=O)(CCN1C[C@H]2CC[C@@H]1CN(Cc1ccccc1)C2)c1ccccc1. The maximum absolute atomic E-state index is 12.6. The minimum absolute atomic E-state index is 0.207. The highest BCUT2D eigenvalue weighted by Crippen LogP contribution is 2.29. The Morgan fingerprint density at radius 1 is 0.852 bits per heavy atom. The van der Waals surface area contributed by atoms with E-state index in [1.54, 1.807) is 24.3 Å². The molecular weight excluding hydrogens is 356 g/mol.